The monoisotopic (exact) mass is 185 g/mol. The lowest BCUT2D eigenvalue weighted by molar-refractivity contribution is 0.691. The number of hydrogen-bond donors (Lipinski definition) is 2. The minimum atomic E-state index is 0.684. The van der Waals surface area contributed by atoms with Crippen LogP contribution in [0.4, 0.5) is 0 Å². The number of thiazole rings is 1. The van der Waals surface area contributed by atoms with E-state index < -0.39 is 0 Å². The van der Waals surface area contributed by atoms with Crippen molar-refractivity contribution in [3.05, 3.63) is 15.6 Å². The highest BCUT2D eigenvalue weighted by atomic mass is 32.1. The second-order valence-electron chi connectivity index (χ2n) is 2.71. The molecule has 12 heavy (non-hydrogen) atoms. The van der Waals surface area contributed by atoms with Crippen molar-refractivity contribution >= 4 is 11.3 Å². The fourth-order valence-corrected chi connectivity index (χ4v) is 1.82. The Balaban J connectivity index is 2.42. The van der Waals surface area contributed by atoms with Crippen LogP contribution in [0, 0.1) is 13.8 Å². The average molecular weight is 185 g/mol. The van der Waals surface area contributed by atoms with Gasteiger partial charge in [-0.05, 0) is 13.8 Å². The number of nitrogens with zero attached hydrogens (tertiary/aromatic N) is 1. The number of nitrogens with two attached hydrogens (primary N) is 1. The number of hydrogen-bond acceptors (Lipinski definition) is 4. The SMILES string of the molecule is Cc1nc(CNCCN)sc1C. The van der Waals surface area contributed by atoms with Crippen LogP contribution < -0.4 is 11.1 Å². The quantitative estimate of drug-likeness (QED) is 0.682. The van der Waals surface area contributed by atoms with Gasteiger partial charge < -0.3 is 11.1 Å². The Labute approximate surface area is 77.0 Å². The molecule has 0 aliphatic heterocycles. The van der Waals surface area contributed by atoms with E-state index in [1.165, 1.54) is 4.88 Å². The Morgan fingerprint density at radius 2 is 2.25 bits per heavy atom. The number of nitrogens with one attached hydrogen (secondary N) is 1. The Morgan fingerprint density at radius 1 is 1.50 bits per heavy atom. The first-order valence-corrected chi connectivity index (χ1v) is 4.89. The summed E-state index contributed by atoms with van der Waals surface area (Å²) in [5, 5.41) is 4.37. The minimum Gasteiger partial charge on any atom is -0.329 e. The number of aryl methyl sites for hydroxylation is 2. The van der Waals surface area contributed by atoms with Crippen molar-refractivity contribution in [2.24, 2.45) is 5.73 Å². The summed E-state index contributed by atoms with van der Waals surface area (Å²) in [6, 6.07) is 0. The maximum atomic E-state index is 5.35. The maximum Gasteiger partial charge on any atom is 0.107 e. The highest BCUT2D eigenvalue weighted by Gasteiger charge is 2.01. The molecule has 0 bridgehead atoms. The molecule has 0 saturated heterocycles. The van der Waals surface area contributed by atoms with Crippen molar-refractivity contribution in [3.63, 3.8) is 0 Å². The van der Waals surface area contributed by atoms with Gasteiger partial charge in [-0.2, -0.15) is 0 Å². The van der Waals surface area contributed by atoms with Crippen molar-refractivity contribution in [2.45, 2.75) is 20.4 Å². The van der Waals surface area contributed by atoms with Crippen molar-refractivity contribution in [2.75, 3.05) is 13.1 Å². The number of rotatable bonds is 4. The summed E-state index contributed by atoms with van der Waals surface area (Å²) in [5.41, 5.74) is 6.49. The molecule has 0 atom stereocenters. The first kappa shape index (κ1) is 9.64. The zero-order chi connectivity index (χ0) is 8.97. The Morgan fingerprint density at radius 3 is 2.75 bits per heavy atom. The van der Waals surface area contributed by atoms with Gasteiger partial charge in [0.05, 0.1) is 5.69 Å². The van der Waals surface area contributed by atoms with Crippen LogP contribution in [-0.4, -0.2) is 18.1 Å². The molecule has 1 rings (SSSR count). The highest BCUT2D eigenvalue weighted by molar-refractivity contribution is 7.11. The summed E-state index contributed by atoms with van der Waals surface area (Å²) >= 11 is 1.75. The van der Waals surface area contributed by atoms with Crippen LogP contribution in [0.25, 0.3) is 0 Å². The molecule has 0 spiro atoms. The van der Waals surface area contributed by atoms with E-state index in [4.69, 9.17) is 5.73 Å². The van der Waals surface area contributed by atoms with Gasteiger partial charge in [-0.3, -0.25) is 0 Å². The van der Waals surface area contributed by atoms with Gasteiger partial charge in [0, 0.05) is 24.5 Å². The fraction of sp³-hybridized carbons (Fsp3) is 0.625. The molecule has 0 unspecified atom stereocenters. The predicted octanol–water partition coefficient (Wildman–Crippen LogP) is 0.808. The van der Waals surface area contributed by atoms with Gasteiger partial charge >= 0.3 is 0 Å². The molecule has 1 aromatic heterocycles. The lowest BCUT2D eigenvalue weighted by Gasteiger charge is -1.97. The molecular weight excluding hydrogens is 170 g/mol. The molecule has 0 aromatic carbocycles. The van der Waals surface area contributed by atoms with Gasteiger partial charge in [0.1, 0.15) is 5.01 Å². The summed E-state index contributed by atoms with van der Waals surface area (Å²) in [4.78, 5) is 5.70. The normalized spacial score (nSPS) is 10.6. The third kappa shape index (κ3) is 2.55. The van der Waals surface area contributed by atoms with Crippen LogP contribution >= 0.6 is 11.3 Å². The zero-order valence-corrected chi connectivity index (χ0v) is 8.37. The van der Waals surface area contributed by atoms with Gasteiger partial charge in [0.2, 0.25) is 0 Å². The summed E-state index contributed by atoms with van der Waals surface area (Å²) < 4.78 is 0. The van der Waals surface area contributed by atoms with Gasteiger partial charge in [0.25, 0.3) is 0 Å². The summed E-state index contributed by atoms with van der Waals surface area (Å²) in [6.45, 7) is 6.52. The van der Waals surface area contributed by atoms with Gasteiger partial charge in [-0.1, -0.05) is 0 Å². The van der Waals surface area contributed by atoms with E-state index in [0.717, 1.165) is 23.8 Å². The topological polar surface area (TPSA) is 50.9 Å². The van der Waals surface area contributed by atoms with E-state index in [2.05, 4.69) is 17.2 Å². The van der Waals surface area contributed by atoms with Crippen LogP contribution in [0.15, 0.2) is 0 Å². The second kappa shape index (κ2) is 4.54. The zero-order valence-electron chi connectivity index (χ0n) is 7.55. The van der Waals surface area contributed by atoms with Gasteiger partial charge in [0.15, 0.2) is 0 Å². The largest absolute Gasteiger partial charge is 0.329 e. The highest BCUT2D eigenvalue weighted by Crippen LogP contribution is 2.15. The third-order valence-electron chi connectivity index (χ3n) is 1.67. The van der Waals surface area contributed by atoms with Crippen LogP contribution in [-0.2, 0) is 6.54 Å². The van der Waals surface area contributed by atoms with E-state index in [0.29, 0.717) is 6.54 Å². The first-order chi connectivity index (χ1) is 5.74. The lowest BCUT2D eigenvalue weighted by atomic mass is 10.4. The minimum absolute atomic E-state index is 0.684. The van der Waals surface area contributed by atoms with Crippen LogP contribution in [0.3, 0.4) is 0 Å². The molecule has 68 valence electrons. The maximum absolute atomic E-state index is 5.35. The summed E-state index contributed by atoms with van der Waals surface area (Å²) in [5.74, 6) is 0. The molecule has 0 radical (unpaired) electrons. The molecule has 0 aliphatic rings. The van der Waals surface area contributed by atoms with Gasteiger partial charge in [-0.15, -0.1) is 11.3 Å². The fourth-order valence-electron chi connectivity index (χ4n) is 0.912. The lowest BCUT2D eigenvalue weighted by Crippen LogP contribution is -2.21. The van der Waals surface area contributed by atoms with Crippen molar-refractivity contribution in [1.29, 1.82) is 0 Å². The molecule has 4 heteroatoms. The summed E-state index contributed by atoms with van der Waals surface area (Å²) in [7, 11) is 0. The van der Waals surface area contributed by atoms with E-state index in [-0.39, 0.29) is 0 Å². The van der Waals surface area contributed by atoms with Crippen molar-refractivity contribution in [1.82, 2.24) is 10.3 Å². The molecule has 0 fully saturated rings. The van der Waals surface area contributed by atoms with Crippen LogP contribution in [0.5, 0.6) is 0 Å². The smallest absolute Gasteiger partial charge is 0.107 e. The van der Waals surface area contributed by atoms with E-state index in [9.17, 15) is 0 Å². The second-order valence-corrected chi connectivity index (χ2v) is 4.00. The molecule has 0 saturated carbocycles. The number of aromatic nitrogens is 1. The molecule has 3 nitrogen and oxygen atoms in total. The average Bonchev–Trinajstić information content (AvgIpc) is 2.32. The predicted molar refractivity (Wildman–Crippen MR) is 52.3 cm³/mol. The standard InChI is InChI=1S/C8H15N3S/c1-6-7(2)12-8(11-6)5-10-4-3-9/h10H,3-5,9H2,1-2H3. The van der Waals surface area contributed by atoms with E-state index >= 15 is 0 Å². The van der Waals surface area contributed by atoms with E-state index in [1.54, 1.807) is 11.3 Å². The Bertz CT molecular complexity index is 225. The van der Waals surface area contributed by atoms with Crippen molar-refractivity contribution in [3.8, 4) is 0 Å². The molecule has 1 heterocycles. The third-order valence-corrected chi connectivity index (χ3v) is 2.74. The van der Waals surface area contributed by atoms with Gasteiger partial charge in [-0.25, -0.2) is 4.98 Å². The molecular formula is C8H15N3S. The first-order valence-electron chi connectivity index (χ1n) is 4.07. The van der Waals surface area contributed by atoms with E-state index in [1.807, 2.05) is 6.92 Å². The van der Waals surface area contributed by atoms with Crippen LogP contribution in [0.1, 0.15) is 15.6 Å². The molecule has 0 aliphatic carbocycles. The summed E-state index contributed by atoms with van der Waals surface area (Å²) in [6.07, 6.45) is 0. The Hall–Kier alpha value is -0.450. The molecule has 1 aromatic rings. The molecule has 3 N–H and O–H groups in total. The van der Waals surface area contributed by atoms with Crippen LogP contribution in [0.2, 0.25) is 0 Å². The molecule has 0 amide bonds. The van der Waals surface area contributed by atoms with Crippen molar-refractivity contribution < 1.29 is 0 Å². The Kier molecular flexibility index (Phi) is 3.65.